The first-order valence-corrected chi connectivity index (χ1v) is 8.68. The molecule has 6 heteroatoms. The molecular weight excluding hydrogens is 332 g/mol. The van der Waals surface area contributed by atoms with Crippen molar-refractivity contribution in [1.82, 2.24) is 9.88 Å². The van der Waals surface area contributed by atoms with Gasteiger partial charge in [-0.1, -0.05) is 12.1 Å². The molecule has 0 atom stereocenters. The highest BCUT2D eigenvalue weighted by Crippen LogP contribution is 2.21. The summed E-state index contributed by atoms with van der Waals surface area (Å²) in [6.07, 6.45) is 9.08. The van der Waals surface area contributed by atoms with Crippen molar-refractivity contribution in [3.63, 3.8) is 0 Å². The number of H-pyrrole nitrogens is 1. The Labute approximate surface area is 153 Å². The Bertz CT molecular complexity index is 815. The lowest BCUT2D eigenvalue weighted by Gasteiger charge is -2.27. The van der Waals surface area contributed by atoms with E-state index in [-0.39, 0.29) is 11.5 Å². The minimum Gasteiger partial charge on any atom is -0.492 e. The fraction of sp³-hybridized carbons (Fsp3) is 0.300. The quantitative estimate of drug-likeness (QED) is 0.601. The maximum atomic E-state index is 12.1. The number of allylic oxidation sites excluding steroid dienone is 5. The number of nitrogens with zero attached hydrogens (tertiary/aromatic N) is 1. The molecule has 0 amide bonds. The maximum Gasteiger partial charge on any atom is 0.354 e. The Morgan fingerprint density at radius 2 is 1.96 bits per heavy atom. The summed E-state index contributed by atoms with van der Waals surface area (Å²) < 4.78 is 10.8. The minimum absolute atomic E-state index is 0.193. The second-order valence-electron chi connectivity index (χ2n) is 5.36. The molecule has 1 aliphatic rings. The lowest BCUT2D eigenvalue weighted by atomic mass is 10.1. The number of hydrogen-bond acceptors (Lipinski definition) is 5. The number of likely N-dealkylation sites (N-methyl/N-ethyl adjacent to an activating group) is 1. The number of nitrogens with one attached hydrogen (secondary N) is 1. The fourth-order valence-electron chi connectivity index (χ4n) is 2.56. The van der Waals surface area contributed by atoms with Crippen LogP contribution in [0.1, 0.15) is 26.5 Å². The zero-order chi connectivity index (χ0) is 18.9. The molecule has 0 saturated heterocycles. The third-order valence-electron chi connectivity index (χ3n) is 3.66. The fourth-order valence-corrected chi connectivity index (χ4v) is 2.56. The molecule has 0 aliphatic carbocycles. The molecule has 138 valence electrons. The van der Waals surface area contributed by atoms with E-state index in [4.69, 9.17) is 9.47 Å². The minimum atomic E-state index is -0.356. The lowest BCUT2D eigenvalue weighted by Crippen LogP contribution is -2.29. The normalized spacial score (nSPS) is 15.8. The highest BCUT2D eigenvalue weighted by molar-refractivity contribution is 5.89. The molecule has 1 aromatic heterocycles. The zero-order valence-corrected chi connectivity index (χ0v) is 15.3. The van der Waals surface area contributed by atoms with Gasteiger partial charge >= 0.3 is 5.97 Å². The van der Waals surface area contributed by atoms with Crippen LogP contribution in [0.4, 0.5) is 0 Å². The van der Waals surface area contributed by atoms with Gasteiger partial charge in [0.1, 0.15) is 11.5 Å². The molecule has 1 aliphatic heterocycles. The van der Waals surface area contributed by atoms with Crippen molar-refractivity contribution in [2.75, 3.05) is 19.8 Å². The van der Waals surface area contributed by atoms with E-state index in [1.165, 1.54) is 6.07 Å². The van der Waals surface area contributed by atoms with E-state index in [9.17, 15) is 9.59 Å². The van der Waals surface area contributed by atoms with Gasteiger partial charge in [-0.25, -0.2) is 4.79 Å². The van der Waals surface area contributed by atoms with Gasteiger partial charge < -0.3 is 19.4 Å². The predicted molar refractivity (Wildman–Crippen MR) is 101 cm³/mol. The molecule has 0 saturated carbocycles. The van der Waals surface area contributed by atoms with E-state index in [1.807, 2.05) is 37.0 Å². The van der Waals surface area contributed by atoms with Crippen LogP contribution in [0.15, 0.2) is 64.8 Å². The predicted octanol–water partition coefficient (Wildman–Crippen LogP) is 2.97. The highest BCUT2D eigenvalue weighted by Gasteiger charge is 2.21. The summed E-state index contributed by atoms with van der Waals surface area (Å²) in [5.41, 5.74) is 1.72. The van der Waals surface area contributed by atoms with Crippen molar-refractivity contribution in [2.45, 2.75) is 20.8 Å². The maximum absolute atomic E-state index is 12.1. The first kappa shape index (κ1) is 19.3. The van der Waals surface area contributed by atoms with Crippen LogP contribution in [0.25, 0.3) is 5.76 Å². The van der Waals surface area contributed by atoms with Gasteiger partial charge in [-0.05, 0) is 51.1 Å². The Morgan fingerprint density at radius 1 is 1.19 bits per heavy atom. The molecule has 2 rings (SSSR count). The first-order chi connectivity index (χ1) is 12.6. The second kappa shape index (κ2) is 9.46. The Hall–Kier alpha value is -3.02. The lowest BCUT2D eigenvalue weighted by molar-refractivity contribution is -0.140. The molecule has 0 unspecified atom stereocenters. The molecule has 0 fully saturated rings. The third kappa shape index (κ3) is 4.75. The summed E-state index contributed by atoms with van der Waals surface area (Å²) in [4.78, 5) is 28.3. The molecule has 0 bridgehead atoms. The average molecular weight is 356 g/mol. The number of carbonyl (C=O) groups is 1. The molecule has 1 N–H and O–H groups in total. The summed E-state index contributed by atoms with van der Waals surface area (Å²) >= 11 is 0. The highest BCUT2D eigenvalue weighted by atomic mass is 16.5. The van der Waals surface area contributed by atoms with Crippen LogP contribution in [0.5, 0.6) is 0 Å². The summed E-state index contributed by atoms with van der Waals surface area (Å²) in [6, 6.07) is 4.90. The number of aromatic amines is 1. The molecule has 2 heterocycles. The summed E-state index contributed by atoms with van der Waals surface area (Å²) in [5.74, 6) is 0.195. The largest absolute Gasteiger partial charge is 0.492 e. The van der Waals surface area contributed by atoms with Gasteiger partial charge in [0.05, 0.1) is 18.9 Å². The van der Waals surface area contributed by atoms with Crippen LogP contribution in [0.2, 0.25) is 0 Å². The molecule has 0 radical (unpaired) electrons. The Morgan fingerprint density at radius 3 is 2.62 bits per heavy atom. The van der Waals surface area contributed by atoms with Crippen LogP contribution in [0, 0.1) is 0 Å². The SMILES string of the molecule is CCOC(=O)C1=CC=C/C(=C\C=C(/OCC)c2cccc(=O)[nH]2)N1CC. The number of aromatic nitrogens is 1. The van der Waals surface area contributed by atoms with Crippen molar-refractivity contribution < 1.29 is 14.3 Å². The number of rotatable bonds is 7. The van der Waals surface area contributed by atoms with Crippen molar-refractivity contribution in [1.29, 1.82) is 0 Å². The van der Waals surface area contributed by atoms with Gasteiger partial charge in [0.25, 0.3) is 0 Å². The van der Waals surface area contributed by atoms with Crippen LogP contribution in [-0.2, 0) is 14.3 Å². The number of carbonyl (C=O) groups excluding carboxylic acids is 1. The van der Waals surface area contributed by atoms with E-state index in [0.29, 0.717) is 36.9 Å². The summed E-state index contributed by atoms with van der Waals surface area (Å²) in [5, 5.41) is 0. The molecule has 6 nitrogen and oxygen atoms in total. The van der Waals surface area contributed by atoms with Crippen molar-refractivity contribution in [3.8, 4) is 0 Å². The zero-order valence-electron chi connectivity index (χ0n) is 15.3. The molecule has 0 aromatic carbocycles. The van der Waals surface area contributed by atoms with Gasteiger partial charge in [-0.15, -0.1) is 0 Å². The van der Waals surface area contributed by atoms with Gasteiger partial charge in [-0.3, -0.25) is 4.79 Å². The summed E-state index contributed by atoms with van der Waals surface area (Å²) in [7, 11) is 0. The van der Waals surface area contributed by atoms with Gasteiger partial charge in [0.15, 0.2) is 0 Å². The van der Waals surface area contributed by atoms with Gasteiger partial charge in [0, 0.05) is 18.3 Å². The van der Waals surface area contributed by atoms with Gasteiger partial charge in [-0.2, -0.15) is 0 Å². The van der Waals surface area contributed by atoms with E-state index < -0.39 is 0 Å². The van der Waals surface area contributed by atoms with Crippen molar-refractivity contribution in [2.24, 2.45) is 0 Å². The van der Waals surface area contributed by atoms with Crippen LogP contribution in [0.3, 0.4) is 0 Å². The Balaban J connectivity index is 2.34. The van der Waals surface area contributed by atoms with Crippen LogP contribution in [-0.4, -0.2) is 35.6 Å². The summed E-state index contributed by atoms with van der Waals surface area (Å²) in [6.45, 7) is 7.02. The monoisotopic (exact) mass is 356 g/mol. The molecule has 26 heavy (non-hydrogen) atoms. The molecule has 1 aromatic rings. The smallest absolute Gasteiger partial charge is 0.354 e. The van der Waals surface area contributed by atoms with Crippen LogP contribution >= 0.6 is 0 Å². The number of ether oxygens (including phenoxy) is 2. The second-order valence-corrected chi connectivity index (χ2v) is 5.36. The third-order valence-corrected chi connectivity index (χ3v) is 3.66. The van der Waals surface area contributed by atoms with Gasteiger partial charge in [0.2, 0.25) is 5.56 Å². The van der Waals surface area contributed by atoms with E-state index in [1.54, 1.807) is 31.2 Å². The molecular formula is C20H24N2O4. The molecule has 0 spiro atoms. The van der Waals surface area contributed by atoms with Crippen LogP contribution < -0.4 is 5.56 Å². The number of esters is 1. The Kier molecular flexibility index (Phi) is 7.02. The van der Waals surface area contributed by atoms with E-state index in [2.05, 4.69) is 4.98 Å². The van der Waals surface area contributed by atoms with Crippen molar-refractivity contribution in [3.05, 3.63) is 76.0 Å². The average Bonchev–Trinajstić information content (AvgIpc) is 2.64. The number of pyridine rings is 1. The standard InChI is InChI=1S/C20H24N2O4/c1-4-22-15(9-7-11-17(22)20(24)26-6-3)13-14-18(25-5-2)16-10-8-12-19(23)21-16/h7-14H,4-6H2,1-3H3,(H,21,23)/b15-13+,18-14-. The van der Waals surface area contributed by atoms with E-state index in [0.717, 1.165) is 5.70 Å². The number of hydrogen-bond donors (Lipinski definition) is 1. The first-order valence-electron chi connectivity index (χ1n) is 8.68. The topological polar surface area (TPSA) is 71.6 Å². The van der Waals surface area contributed by atoms with Crippen molar-refractivity contribution >= 4 is 11.7 Å². The van der Waals surface area contributed by atoms with E-state index >= 15 is 0 Å².